The number of benzene rings is 3. The number of hydrogen-bond acceptors (Lipinski definition) is 9. The molecule has 0 saturated carbocycles. The lowest BCUT2D eigenvalue weighted by Gasteiger charge is -2.34. The minimum atomic E-state index is -1.64. The van der Waals surface area contributed by atoms with Crippen LogP contribution in [0.25, 0.3) is 0 Å². The summed E-state index contributed by atoms with van der Waals surface area (Å²) in [6.45, 7) is 11.4. The molecule has 1 aliphatic carbocycles. The van der Waals surface area contributed by atoms with Crippen LogP contribution in [-0.4, -0.2) is 106 Å². The first-order valence-corrected chi connectivity index (χ1v) is 18.9. The number of aliphatic hydroxyl groups excluding tert-OH is 2. The summed E-state index contributed by atoms with van der Waals surface area (Å²) in [5.41, 5.74) is 5.64. The zero-order chi connectivity index (χ0) is 37.0. The van der Waals surface area contributed by atoms with Gasteiger partial charge >= 0.3 is 0 Å². The molecule has 4 N–H and O–H groups in total. The topological polar surface area (TPSA) is 141 Å². The fraction of sp³-hybridized carbons (Fsp3) is 0.475. The highest BCUT2D eigenvalue weighted by Crippen LogP contribution is 2.41. The molecule has 0 bridgehead atoms. The zero-order valence-corrected chi connectivity index (χ0v) is 31.2. The van der Waals surface area contributed by atoms with Gasteiger partial charge in [0.05, 0.1) is 37.3 Å². The van der Waals surface area contributed by atoms with Crippen LogP contribution in [0.2, 0.25) is 0 Å². The molecule has 12 heteroatoms. The van der Waals surface area contributed by atoms with Gasteiger partial charge in [-0.1, -0.05) is 66.7 Å². The van der Waals surface area contributed by atoms with Crippen LogP contribution in [0.15, 0.2) is 66.7 Å². The standard InChI is InChI=1S/C40H50N4O7S/c1-25-18-28(22-43-14-16-50-17-15-43)19-26(2)36(25)51-23-33(46)41-31(20-27-10-6-5-7-11-27)35(47)39(49)44-24-52-40(3,4)37(44)38(48)42-34-30-13-9-8-12-29(30)21-32(34)45/h5-13,18-19,31-32,34-35,37,45,47H,14-17,20-24H2,1-4H3,(H,41,46)(H,42,48)/t31-,32+,34-,35-,37+/m0/s1. The Bertz CT molecular complexity index is 1730. The third kappa shape index (κ3) is 8.64. The number of thioether (sulfide) groups is 1. The summed E-state index contributed by atoms with van der Waals surface area (Å²) in [6, 6.07) is 18.5. The second-order valence-electron chi connectivity index (χ2n) is 14.6. The Labute approximate surface area is 310 Å². The number of carbonyl (C=O) groups is 3. The van der Waals surface area contributed by atoms with Gasteiger partial charge in [0.1, 0.15) is 11.8 Å². The number of nitrogens with zero attached hydrogens (tertiary/aromatic N) is 2. The van der Waals surface area contributed by atoms with Gasteiger partial charge in [0.2, 0.25) is 5.91 Å². The molecule has 0 unspecified atom stereocenters. The Balaban J connectivity index is 1.14. The highest BCUT2D eigenvalue weighted by Gasteiger charge is 2.50. The van der Waals surface area contributed by atoms with Crippen molar-refractivity contribution in [3.63, 3.8) is 0 Å². The smallest absolute Gasteiger partial charge is 0.258 e. The van der Waals surface area contributed by atoms with Crippen LogP contribution < -0.4 is 15.4 Å². The summed E-state index contributed by atoms with van der Waals surface area (Å²) in [6.07, 6.45) is -1.83. The Hall–Kier alpha value is -3.94. The summed E-state index contributed by atoms with van der Waals surface area (Å²) in [4.78, 5) is 45.3. The quantitative estimate of drug-likeness (QED) is 0.222. The van der Waals surface area contributed by atoms with Crippen LogP contribution in [0.4, 0.5) is 0 Å². The van der Waals surface area contributed by atoms with E-state index in [0.717, 1.165) is 66.2 Å². The maximum atomic E-state index is 14.1. The Morgan fingerprint density at radius 1 is 1.00 bits per heavy atom. The molecule has 0 radical (unpaired) electrons. The second kappa shape index (κ2) is 16.4. The highest BCUT2D eigenvalue weighted by atomic mass is 32.2. The number of nitrogens with one attached hydrogen (secondary N) is 2. The Kier molecular flexibility index (Phi) is 11.9. The monoisotopic (exact) mass is 730 g/mol. The van der Waals surface area contributed by atoms with Crippen molar-refractivity contribution < 1.29 is 34.1 Å². The van der Waals surface area contributed by atoms with Crippen molar-refractivity contribution in [1.82, 2.24) is 20.4 Å². The van der Waals surface area contributed by atoms with Gasteiger partial charge in [-0.3, -0.25) is 19.3 Å². The summed E-state index contributed by atoms with van der Waals surface area (Å²) in [7, 11) is 0. The number of fused-ring (bicyclic) bond motifs is 1. The lowest BCUT2D eigenvalue weighted by Crippen LogP contribution is -2.59. The summed E-state index contributed by atoms with van der Waals surface area (Å²) in [5, 5.41) is 28.4. The predicted molar refractivity (Wildman–Crippen MR) is 200 cm³/mol. The minimum Gasteiger partial charge on any atom is -0.483 e. The molecular formula is C40H50N4O7S. The average Bonchev–Trinajstić information content (AvgIpc) is 3.61. The fourth-order valence-corrected chi connectivity index (χ4v) is 8.75. The largest absolute Gasteiger partial charge is 0.483 e. The Morgan fingerprint density at radius 3 is 2.38 bits per heavy atom. The van der Waals surface area contributed by atoms with Crippen molar-refractivity contribution >= 4 is 29.5 Å². The van der Waals surface area contributed by atoms with Crippen molar-refractivity contribution in [3.05, 3.63) is 100 Å². The van der Waals surface area contributed by atoms with Crippen LogP contribution >= 0.6 is 11.8 Å². The molecule has 2 heterocycles. The highest BCUT2D eigenvalue weighted by molar-refractivity contribution is 8.00. The van der Waals surface area contributed by atoms with Crippen molar-refractivity contribution in [2.45, 2.75) is 82.2 Å². The minimum absolute atomic E-state index is 0.181. The van der Waals surface area contributed by atoms with Crippen LogP contribution in [0, 0.1) is 13.8 Å². The molecule has 2 aliphatic heterocycles. The van der Waals surface area contributed by atoms with Crippen molar-refractivity contribution in [2.75, 3.05) is 38.8 Å². The van der Waals surface area contributed by atoms with Gasteiger partial charge in [-0.05, 0) is 67.5 Å². The molecule has 0 spiro atoms. The van der Waals surface area contributed by atoms with E-state index in [0.29, 0.717) is 12.2 Å². The van der Waals surface area contributed by atoms with E-state index in [-0.39, 0.29) is 18.9 Å². The number of carbonyl (C=O) groups excluding carboxylic acids is 3. The average molecular weight is 731 g/mol. The summed E-state index contributed by atoms with van der Waals surface area (Å²) >= 11 is 1.44. The van der Waals surface area contributed by atoms with E-state index in [2.05, 4.69) is 27.7 Å². The maximum absolute atomic E-state index is 14.1. The summed E-state index contributed by atoms with van der Waals surface area (Å²) in [5.74, 6) is -0.745. The van der Waals surface area contributed by atoms with Gasteiger partial charge in [0, 0.05) is 30.8 Å². The third-order valence-corrected chi connectivity index (χ3v) is 11.6. The Morgan fingerprint density at radius 2 is 1.67 bits per heavy atom. The third-order valence-electron chi connectivity index (χ3n) is 10.2. The van der Waals surface area contributed by atoms with Gasteiger partial charge in [0.25, 0.3) is 11.8 Å². The number of aliphatic hydroxyl groups is 2. The first kappa shape index (κ1) is 37.8. The first-order chi connectivity index (χ1) is 24.9. The van der Waals surface area contributed by atoms with E-state index in [4.69, 9.17) is 9.47 Å². The van der Waals surface area contributed by atoms with Gasteiger partial charge in [-0.25, -0.2) is 0 Å². The first-order valence-electron chi connectivity index (χ1n) is 18.0. The molecule has 3 aromatic carbocycles. The normalized spacial score (nSPS) is 22.3. The van der Waals surface area contributed by atoms with E-state index < -0.39 is 52.8 Å². The number of rotatable bonds is 12. The van der Waals surface area contributed by atoms with E-state index in [1.54, 1.807) is 0 Å². The molecule has 6 rings (SSSR count). The SMILES string of the molecule is Cc1cc(CN2CCOCC2)cc(C)c1OCC(=O)N[C@@H](Cc1ccccc1)[C@H](O)C(=O)N1CSC(C)(C)[C@H]1C(=O)N[C@H]1c2ccccc2C[C@H]1O. The molecule has 2 saturated heterocycles. The number of hydrogen-bond donors (Lipinski definition) is 4. The number of ether oxygens (including phenoxy) is 2. The molecule has 278 valence electrons. The molecule has 3 aromatic rings. The lowest BCUT2D eigenvalue weighted by atomic mass is 9.96. The number of amides is 3. The fourth-order valence-electron chi connectivity index (χ4n) is 7.61. The summed E-state index contributed by atoms with van der Waals surface area (Å²) < 4.78 is 10.8. The van der Waals surface area contributed by atoms with Gasteiger partial charge in [-0.15, -0.1) is 11.8 Å². The molecule has 2 fully saturated rings. The van der Waals surface area contributed by atoms with E-state index in [1.165, 1.54) is 16.7 Å². The number of morpholine rings is 1. The van der Waals surface area contributed by atoms with Crippen LogP contribution in [0.3, 0.4) is 0 Å². The van der Waals surface area contributed by atoms with Crippen molar-refractivity contribution in [3.8, 4) is 5.75 Å². The van der Waals surface area contributed by atoms with E-state index >= 15 is 0 Å². The molecule has 0 aromatic heterocycles. The molecule has 3 amide bonds. The second-order valence-corrected chi connectivity index (χ2v) is 16.2. The molecule has 11 nitrogen and oxygen atoms in total. The van der Waals surface area contributed by atoms with Gasteiger partial charge in [-0.2, -0.15) is 0 Å². The molecule has 5 atom stereocenters. The van der Waals surface area contributed by atoms with Crippen LogP contribution in [-0.2, 0) is 38.5 Å². The lowest BCUT2D eigenvalue weighted by molar-refractivity contribution is -0.148. The van der Waals surface area contributed by atoms with Crippen molar-refractivity contribution in [2.24, 2.45) is 0 Å². The van der Waals surface area contributed by atoms with E-state index in [1.807, 2.05) is 82.3 Å². The van der Waals surface area contributed by atoms with Crippen molar-refractivity contribution in [1.29, 1.82) is 0 Å². The number of aryl methyl sites for hydroxylation is 2. The zero-order valence-electron chi connectivity index (χ0n) is 30.3. The molecular weight excluding hydrogens is 681 g/mol. The van der Waals surface area contributed by atoms with Crippen LogP contribution in [0.1, 0.15) is 53.3 Å². The molecule has 52 heavy (non-hydrogen) atoms. The maximum Gasteiger partial charge on any atom is 0.258 e. The van der Waals surface area contributed by atoms with Gasteiger partial charge in [0.15, 0.2) is 12.7 Å². The van der Waals surface area contributed by atoms with Gasteiger partial charge < -0.3 is 35.2 Å². The predicted octanol–water partition coefficient (Wildman–Crippen LogP) is 3.06. The molecule has 3 aliphatic rings. The van der Waals surface area contributed by atoms with E-state index in [9.17, 15) is 24.6 Å². The van der Waals surface area contributed by atoms with Crippen LogP contribution in [0.5, 0.6) is 5.75 Å².